The van der Waals surface area contributed by atoms with E-state index in [2.05, 4.69) is 27.5 Å². The summed E-state index contributed by atoms with van der Waals surface area (Å²) in [6.07, 6.45) is 3.43. The van der Waals surface area contributed by atoms with E-state index in [0.717, 1.165) is 19.4 Å². The third-order valence-corrected chi connectivity index (χ3v) is 3.52. The summed E-state index contributed by atoms with van der Waals surface area (Å²) in [6, 6.07) is 0. The van der Waals surface area contributed by atoms with Crippen LogP contribution in [-0.2, 0) is 4.74 Å². The molecular weight excluding hydrogens is 262 g/mol. The fourth-order valence-electron chi connectivity index (χ4n) is 2.47. The van der Waals surface area contributed by atoms with Crippen LogP contribution in [0.5, 0.6) is 0 Å². The van der Waals surface area contributed by atoms with Crippen LogP contribution in [0.15, 0.2) is 6.33 Å². The van der Waals surface area contributed by atoms with Gasteiger partial charge in [-0.2, -0.15) is 0 Å². The zero-order valence-corrected chi connectivity index (χ0v) is 11.6. The Hall–Kier alpha value is -1.96. The molecule has 8 heteroatoms. The number of nitrogens with one attached hydrogen (secondary N) is 2. The van der Waals surface area contributed by atoms with Crippen molar-refractivity contribution in [3.63, 3.8) is 0 Å². The van der Waals surface area contributed by atoms with Crippen molar-refractivity contribution in [3.8, 4) is 0 Å². The lowest BCUT2D eigenvalue weighted by Gasteiger charge is -2.17. The van der Waals surface area contributed by atoms with Crippen molar-refractivity contribution in [1.82, 2.24) is 9.97 Å². The second-order valence-corrected chi connectivity index (χ2v) is 4.67. The van der Waals surface area contributed by atoms with Crippen LogP contribution in [0.25, 0.3) is 0 Å². The van der Waals surface area contributed by atoms with Crippen LogP contribution in [0.4, 0.5) is 17.3 Å². The Bertz CT molecular complexity index is 482. The topological polar surface area (TPSA) is 102 Å². The van der Waals surface area contributed by atoms with Crippen LogP contribution in [0.1, 0.15) is 19.8 Å². The van der Waals surface area contributed by atoms with Gasteiger partial charge < -0.3 is 15.4 Å². The molecule has 0 aliphatic carbocycles. The minimum atomic E-state index is -0.476. The first-order valence-electron chi connectivity index (χ1n) is 6.70. The summed E-state index contributed by atoms with van der Waals surface area (Å²) < 4.78 is 5.61. The molecule has 8 nitrogen and oxygen atoms in total. The number of anilines is 2. The third kappa shape index (κ3) is 2.96. The molecule has 1 aliphatic heterocycles. The van der Waals surface area contributed by atoms with Crippen molar-refractivity contribution in [2.75, 3.05) is 30.8 Å². The van der Waals surface area contributed by atoms with Gasteiger partial charge in [0.25, 0.3) is 0 Å². The maximum Gasteiger partial charge on any atom is 0.353 e. The summed E-state index contributed by atoms with van der Waals surface area (Å²) in [5.74, 6) is 0.811. The second-order valence-electron chi connectivity index (χ2n) is 4.67. The van der Waals surface area contributed by atoms with E-state index in [4.69, 9.17) is 4.74 Å². The van der Waals surface area contributed by atoms with Crippen LogP contribution in [0.2, 0.25) is 0 Å². The highest BCUT2D eigenvalue weighted by Gasteiger charge is 2.28. The van der Waals surface area contributed by atoms with Gasteiger partial charge in [-0.3, -0.25) is 10.1 Å². The lowest BCUT2D eigenvalue weighted by molar-refractivity contribution is -0.383. The standard InChI is InChI=1S/C12H19N5O3/c1-3-9-8(4-5-20-9)6-14-12-10(17(18)19)11(13-2)15-7-16-12/h7-9H,3-6H2,1-2H3,(H2,13,14,15,16). The normalized spacial score (nSPS) is 21.7. The first-order chi connectivity index (χ1) is 9.67. The summed E-state index contributed by atoms with van der Waals surface area (Å²) in [5.41, 5.74) is -0.123. The summed E-state index contributed by atoms with van der Waals surface area (Å²) in [6.45, 7) is 3.44. The van der Waals surface area contributed by atoms with Gasteiger partial charge in [0.15, 0.2) is 0 Å². The Kier molecular flexibility index (Phi) is 4.67. The van der Waals surface area contributed by atoms with Gasteiger partial charge in [0, 0.05) is 26.1 Å². The molecule has 20 heavy (non-hydrogen) atoms. The lowest BCUT2D eigenvalue weighted by Crippen LogP contribution is -2.23. The van der Waals surface area contributed by atoms with Gasteiger partial charge in [0.2, 0.25) is 11.6 Å². The summed E-state index contributed by atoms with van der Waals surface area (Å²) in [5, 5.41) is 16.9. The zero-order valence-electron chi connectivity index (χ0n) is 11.6. The van der Waals surface area contributed by atoms with Gasteiger partial charge in [0.05, 0.1) is 11.0 Å². The fourth-order valence-corrected chi connectivity index (χ4v) is 2.47. The number of hydrogen-bond acceptors (Lipinski definition) is 7. The van der Waals surface area contributed by atoms with E-state index >= 15 is 0 Å². The Morgan fingerprint density at radius 3 is 2.90 bits per heavy atom. The van der Waals surface area contributed by atoms with Crippen LogP contribution >= 0.6 is 0 Å². The van der Waals surface area contributed by atoms with E-state index < -0.39 is 4.92 Å². The Morgan fingerprint density at radius 2 is 2.25 bits per heavy atom. The molecule has 2 unspecified atom stereocenters. The molecule has 1 aromatic heterocycles. The molecule has 0 spiro atoms. The highest BCUT2D eigenvalue weighted by atomic mass is 16.6. The number of aromatic nitrogens is 2. The molecule has 1 fully saturated rings. The molecule has 0 amide bonds. The van der Waals surface area contributed by atoms with Crippen molar-refractivity contribution in [2.24, 2.45) is 5.92 Å². The van der Waals surface area contributed by atoms with Crippen LogP contribution in [-0.4, -0.2) is 41.2 Å². The molecule has 0 aromatic carbocycles. The van der Waals surface area contributed by atoms with Crippen molar-refractivity contribution < 1.29 is 9.66 Å². The molecule has 1 aromatic rings. The van der Waals surface area contributed by atoms with Crippen LogP contribution in [0, 0.1) is 16.0 Å². The number of hydrogen-bond donors (Lipinski definition) is 2. The number of nitro groups is 1. The Labute approximate surface area is 117 Å². The molecule has 1 aliphatic rings. The van der Waals surface area contributed by atoms with Crippen molar-refractivity contribution in [3.05, 3.63) is 16.4 Å². The fraction of sp³-hybridized carbons (Fsp3) is 0.667. The summed E-state index contributed by atoms with van der Waals surface area (Å²) in [4.78, 5) is 18.5. The molecule has 0 radical (unpaired) electrons. The molecule has 2 heterocycles. The van der Waals surface area contributed by atoms with Crippen LogP contribution < -0.4 is 10.6 Å². The van der Waals surface area contributed by atoms with Crippen LogP contribution in [0.3, 0.4) is 0 Å². The number of nitrogens with zero attached hydrogens (tertiary/aromatic N) is 3. The van der Waals surface area contributed by atoms with E-state index in [1.807, 2.05) is 0 Å². The number of rotatable bonds is 6. The molecular formula is C12H19N5O3. The van der Waals surface area contributed by atoms with Gasteiger partial charge in [-0.05, 0) is 12.8 Å². The second kappa shape index (κ2) is 6.47. The SMILES string of the molecule is CCC1OCCC1CNc1ncnc(NC)c1[N+](=O)[O-]. The van der Waals surface area contributed by atoms with Crippen molar-refractivity contribution >= 4 is 17.3 Å². The first kappa shape index (κ1) is 14.4. The minimum Gasteiger partial charge on any atom is -0.378 e. The monoisotopic (exact) mass is 281 g/mol. The average Bonchev–Trinajstić information content (AvgIpc) is 2.91. The zero-order chi connectivity index (χ0) is 14.5. The largest absolute Gasteiger partial charge is 0.378 e. The van der Waals surface area contributed by atoms with Gasteiger partial charge >= 0.3 is 5.69 Å². The Balaban J connectivity index is 2.11. The van der Waals surface area contributed by atoms with Gasteiger partial charge in [-0.25, -0.2) is 9.97 Å². The lowest BCUT2D eigenvalue weighted by atomic mass is 10.00. The first-order valence-corrected chi connectivity index (χ1v) is 6.70. The minimum absolute atomic E-state index is 0.123. The van der Waals surface area contributed by atoms with Gasteiger partial charge in [-0.1, -0.05) is 6.92 Å². The molecule has 0 bridgehead atoms. The molecule has 2 rings (SSSR count). The summed E-state index contributed by atoms with van der Waals surface area (Å²) >= 11 is 0. The predicted octanol–water partition coefficient (Wildman–Crippen LogP) is 1.65. The van der Waals surface area contributed by atoms with Crippen molar-refractivity contribution in [2.45, 2.75) is 25.9 Å². The average molecular weight is 281 g/mol. The van der Waals surface area contributed by atoms with E-state index in [-0.39, 0.29) is 23.4 Å². The van der Waals surface area contributed by atoms with E-state index in [9.17, 15) is 10.1 Å². The van der Waals surface area contributed by atoms with E-state index in [1.165, 1.54) is 6.33 Å². The van der Waals surface area contributed by atoms with E-state index in [1.54, 1.807) is 7.05 Å². The maximum atomic E-state index is 11.1. The van der Waals surface area contributed by atoms with Crippen molar-refractivity contribution in [1.29, 1.82) is 0 Å². The quantitative estimate of drug-likeness (QED) is 0.603. The highest BCUT2D eigenvalue weighted by Crippen LogP contribution is 2.30. The Morgan fingerprint density at radius 1 is 1.50 bits per heavy atom. The van der Waals surface area contributed by atoms with E-state index in [0.29, 0.717) is 12.5 Å². The third-order valence-electron chi connectivity index (χ3n) is 3.52. The molecule has 2 atom stereocenters. The van der Waals surface area contributed by atoms with Gasteiger partial charge in [-0.15, -0.1) is 0 Å². The molecule has 2 N–H and O–H groups in total. The summed E-state index contributed by atoms with van der Waals surface area (Å²) in [7, 11) is 1.59. The predicted molar refractivity (Wildman–Crippen MR) is 74.9 cm³/mol. The molecule has 110 valence electrons. The van der Waals surface area contributed by atoms with Gasteiger partial charge in [0.1, 0.15) is 6.33 Å². The molecule has 1 saturated heterocycles. The highest BCUT2D eigenvalue weighted by molar-refractivity contribution is 5.68. The smallest absolute Gasteiger partial charge is 0.353 e. The molecule has 0 saturated carbocycles. The maximum absolute atomic E-state index is 11.1. The number of ether oxygens (including phenoxy) is 1.